The second-order valence-corrected chi connectivity index (χ2v) is 6.03. The normalized spacial score (nSPS) is 17.0. The van der Waals surface area contributed by atoms with E-state index in [1.165, 1.54) is 32.1 Å². The van der Waals surface area contributed by atoms with Crippen molar-refractivity contribution >= 4 is 5.96 Å². The molecule has 0 spiro atoms. The Morgan fingerprint density at radius 1 is 1.36 bits per heavy atom. The van der Waals surface area contributed by atoms with Crippen LogP contribution in [0.25, 0.3) is 0 Å². The summed E-state index contributed by atoms with van der Waals surface area (Å²) in [6.07, 6.45) is 6.44. The Hall–Kier alpha value is -1.75. The van der Waals surface area contributed by atoms with Gasteiger partial charge in [0.15, 0.2) is 5.96 Å². The molecule has 2 rings (SSSR count). The molecule has 1 saturated carbocycles. The lowest BCUT2D eigenvalue weighted by atomic mass is 9.90. The number of guanidine groups is 1. The minimum absolute atomic E-state index is 0.0724. The van der Waals surface area contributed by atoms with Crippen molar-refractivity contribution in [2.45, 2.75) is 44.6 Å². The van der Waals surface area contributed by atoms with Crippen molar-refractivity contribution in [1.82, 2.24) is 5.32 Å². The lowest BCUT2D eigenvalue weighted by Crippen LogP contribution is -2.31. The van der Waals surface area contributed by atoms with Gasteiger partial charge in [-0.3, -0.25) is 5.41 Å². The molecule has 0 unspecified atom stereocenters. The number of benzene rings is 1. The quantitative estimate of drug-likeness (QED) is 0.460. The van der Waals surface area contributed by atoms with Gasteiger partial charge in [0.05, 0.1) is 12.7 Å². The second-order valence-electron chi connectivity index (χ2n) is 6.03. The number of nitrogens with two attached hydrogens (primary N) is 1. The van der Waals surface area contributed by atoms with Crippen LogP contribution in [-0.4, -0.2) is 24.2 Å². The Kier molecular flexibility index (Phi) is 6.52. The van der Waals surface area contributed by atoms with Crippen molar-refractivity contribution in [2.75, 3.05) is 13.2 Å². The van der Waals surface area contributed by atoms with Crippen LogP contribution < -0.4 is 15.8 Å². The van der Waals surface area contributed by atoms with Crippen LogP contribution >= 0.6 is 0 Å². The van der Waals surface area contributed by atoms with Gasteiger partial charge in [-0.15, -0.1) is 0 Å². The summed E-state index contributed by atoms with van der Waals surface area (Å²) in [7, 11) is 0. The molecule has 1 aromatic carbocycles. The number of aliphatic hydroxyl groups is 1. The number of nitrogens with one attached hydrogen (secondary N) is 2. The molecule has 1 aliphatic rings. The highest BCUT2D eigenvalue weighted by Crippen LogP contribution is 2.26. The van der Waals surface area contributed by atoms with Crippen LogP contribution in [0.2, 0.25) is 0 Å². The highest BCUT2D eigenvalue weighted by Gasteiger charge is 2.14. The SMILES string of the molecule is N=C(N)NCC[C@@H](O)c1cccc(OCC2CCCCC2)c1. The van der Waals surface area contributed by atoms with E-state index in [9.17, 15) is 5.11 Å². The molecule has 5 N–H and O–H groups in total. The average Bonchev–Trinajstić information content (AvgIpc) is 2.54. The fraction of sp³-hybridized carbons (Fsp3) is 0.588. The highest BCUT2D eigenvalue weighted by atomic mass is 16.5. The van der Waals surface area contributed by atoms with Crippen LogP contribution in [0.5, 0.6) is 5.75 Å². The van der Waals surface area contributed by atoms with Gasteiger partial charge in [0, 0.05) is 6.54 Å². The van der Waals surface area contributed by atoms with E-state index in [-0.39, 0.29) is 5.96 Å². The van der Waals surface area contributed by atoms with E-state index in [1.54, 1.807) is 0 Å². The third kappa shape index (κ3) is 5.56. The molecule has 1 aromatic rings. The highest BCUT2D eigenvalue weighted by molar-refractivity contribution is 5.74. The van der Waals surface area contributed by atoms with Gasteiger partial charge in [0.2, 0.25) is 0 Å². The van der Waals surface area contributed by atoms with Gasteiger partial charge in [0.1, 0.15) is 5.75 Å². The minimum Gasteiger partial charge on any atom is -0.493 e. The summed E-state index contributed by atoms with van der Waals surface area (Å²) in [5.74, 6) is 1.42. The van der Waals surface area contributed by atoms with Gasteiger partial charge in [-0.25, -0.2) is 0 Å². The molecule has 1 aliphatic carbocycles. The van der Waals surface area contributed by atoms with Crippen LogP contribution in [0.15, 0.2) is 24.3 Å². The molecule has 0 bridgehead atoms. The predicted molar refractivity (Wildman–Crippen MR) is 88.0 cm³/mol. The molecular formula is C17H27N3O2. The van der Waals surface area contributed by atoms with Crippen molar-refractivity contribution in [3.05, 3.63) is 29.8 Å². The van der Waals surface area contributed by atoms with Crippen LogP contribution in [0.4, 0.5) is 0 Å². The van der Waals surface area contributed by atoms with Crippen LogP contribution in [0.1, 0.15) is 50.2 Å². The van der Waals surface area contributed by atoms with E-state index in [0.717, 1.165) is 17.9 Å². The summed E-state index contributed by atoms with van der Waals surface area (Å²) in [4.78, 5) is 0. The molecule has 1 fully saturated rings. The number of aliphatic hydroxyl groups excluding tert-OH is 1. The molecule has 5 heteroatoms. The fourth-order valence-corrected chi connectivity index (χ4v) is 2.89. The Balaban J connectivity index is 1.81. The number of rotatable bonds is 7. The van der Waals surface area contributed by atoms with E-state index in [2.05, 4.69) is 5.32 Å². The first-order valence-corrected chi connectivity index (χ1v) is 8.14. The number of hydrogen-bond acceptors (Lipinski definition) is 3. The Bertz CT molecular complexity index is 473. The van der Waals surface area contributed by atoms with Crippen LogP contribution in [0.3, 0.4) is 0 Å². The number of ether oxygens (including phenoxy) is 1. The van der Waals surface area contributed by atoms with Crippen LogP contribution in [-0.2, 0) is 0 Å². The molecule has 122 valence electrons. The first-order chi connectivity index (χ1) is 10.6. The zero-order valence-corrected chi connectivity index (χ0v) is 13.1. The molecular weight excluding hydrogens is 278 g/mol. The summed E-state index contributed by atoms with van der Waals surface area (Å²) in [5, 5.41) is 20.0. The predicted octanol–water partition coefficient (Wildman–Crippen LogP) is 2.55. The van der Waals surface area contributed by atoms with Gasteiger partial charge in [-0.2, -0.15) is 0 Å². The molecule has 22 heavy (non-hydrogen) atoms. The standard InChI is InChI=1S/C17H27N3O2/c18-17(19)20-10-9-16(21)14-7-4-8-15(11-14)22-12-13-5-2-1-3-6-13/h4,7-8,11,13,16,21H,1-3,5-6,9-10,12H2,(H4,18,19,20)/t16-/m1/s1. The lowest BCUT2D eigenvalue weighted by molar-refractivity contribution is 0.167. The van der Waals surface area contributed by atoms with Crippen molar-refractivity contribution < 1.29 is 9.84 Å². The molecule has 5 nitrogen and oxygen atoms in total. The van der Waals surface area contributed by atoms with E-state index < -0.39 is 6.10 Å². The third-order valence-electron chi connectivity index (χ3n) is 4.19. The van der Waals surface area contributed by atoms with Gasteiger partial charge in [-0.05, 0) is 42.9 Å². The monoisotopic (exact) mass is 305 g/mol. The van der Waals surface area contributed by atoms with Crippen LogP contribution in [0, 0.1) is 11.3 Å². The fourth-order valence-electron chi connectivity index (χ4n) is 2.89. The molecule has 0 amide bonds. The zero-order chi connectivity index (χ0) is 15.8. The van der Waals surface area contributed by atoms with E-state index in [4.69, 9.17) is 15.9 Å². The summed E-state index contributed by atoms with van der Waals surface area (Å²) in [6, 6.07) is 7.65. The van der Waals surface area contributed by atoms with Gasteiger partial charge >= 0.3 is 0 Å². The second kappa shape index (κ2) is 8.63. The molecule has 0 heterocycles. The zero-order valence-electron chi connectivity index (χ0n) is 13.1. The Morgan fingerprint density at radius 3 is 2.86 bits per heavy atom. The third-order valence-corrected chi connectivity index (χ3v) is 4.19. The topological polar surface area (TPSA) is 91.4 Å². The van der Waals surface area contributed by atoms with Crippen molar-refractivity contribution in [3.8, 4) is 5.75 Å². The number of hydrogen-bond donors (Lipinski definition) is 4. The first-order valence-electron chi connectivity index (χ1n) is 8.14. The maximum Gasteiger partial charge on any atom is 0.185 e. The lowest BCUT2D eigenvalue weighted by Gasteiger charge is -2.22. The van der Waals surface area contributed by atoms with Crippen molar-refractivity contribution in [2.24, 2.45) is 11.7 Å². The summed E-state index contributed by atoms with van der Waals surface area (Å²) < 4.78 is 5.90. The maximum atomic E-state index is 10.2. The van der Waals surface area contributed by atoms with Gasteiger partial charge < -0.3 is 20.9 Å². The average molecular weight is 305 g/mol. The van der Waals surface area contributed by atoms with Crippen molar-refractivity contribution in [1.29, 1.82) is 5.41 Å². The van der Waals surface area contributed by atoms with Gasteiger partial charge in [0.25, 0.3) is 0 Å². The molecule has 0 aromatic heterocycles. The van der Waals surface area contributed by atoms with Crippen molar-refractivity contribution in [3.63, 3.8) is 0 Å². The van der Waals surface area contributed by atoms with E-state index in [1.807, 2.05) is 24.3 Å². The molecule has 0 aliphatic heterocycles. The Labute approximate surface area is 132 Å². The van der Waals surface area contributed by atoms with E-state index in [0.29, 0.717) is 18.9 Å². The maximum absolute atomic E-state index is 10.2. The first kappa shape index (κ1) is 16.6. The minimum atomic E-state index is -0.579. The summed E-state index contributed by atoms with van der Waals surface area (Å²) in [6.45, 7) is 1.25. The summed E-state index contributed by atoms with van der Waals surface area (Å²) in [5.41, 5.74) is 6.06. The molecule has 0 radical (unpaired) electrons. The molecule has 0 saturated heterocycles. The molecule has 1 atom stereocenters. The smallest absolute Gasteiger partial charge is 0.185 e. The van der Waals surface area contributed by atoms with E-state index >= 15 is 0 Å². The van der Waals surface area contributed by atoms with Gasteiger partial charge in [-0.1, -0.05) is 31.4 Å². The summed E-state index contributed by atoms with van der Waals surface area (Å²) >= 11 is 0. The Morgan fingerprint density at radius 2 is 2.14 bits per heavy atom. The largest absolute Gasteiger partial charge is 0.493 e.